The van der Waals surface area contributed by atoms with Crippen LogP contribution in [0.4, 0.5) is 0 Å². The average Bonchev–Trinajstić information content (AvgIpc) is 2.92. The number of hydrogen-bond donors (Lipinski definition) is 1. The molecule has 2 rings (SSSR count). The van der Waals surface area contributed by atoms with Crippen LogP contribution in [-0.2, 0) is 0 Å². The molecule has 0 saturated carbocycles. The lowest BCUT2D eigenvalue weighted by Crippen LogP contribution is -2.46. The molecule has 0 radical (unpaired) electrons. The molecular weight excluding hydrogens is 246 g/mol. The smallest absolute Gasteiger partial charge is 0.0235 e. The van der Waals surface area contributed by atoms with E-state index in [1.54, 1.807) is 0 Å². The van der Waals surface area contributed by atoms with Crippen molar-refractivity contribution in [3.05, 3.63) is 0 Å². The first kappa shape index (κ1) is 16.3. The van der Waals surface area contributed by atoms with Crippen LogP contribution in [0.5, 0.6) is 0 Å². The highest BCUT2D eigenvalue weighted by atomic mass is 15.3. The van der Waals surface area contributed by atoms with Gasteiger partial charge in [0, 0.05) is 18.6 Å². The molecule has 2 aliphatic heterocycles. The predicted molar refractivity (Wildman–Crippen MR) is 87.0 cm³/mol. The summed E-state index contributed by atoms with van der Waals surface area (Å²) in [6, 6.07) is 1.29. The summed E-state index contributed by atoms with van der Waals surface area (Å²) in [6.07, 6.45) is 12.3. The monoisotopic (exact) mass is 281 g/mol. The largest absolute Gasteiger partial charge is 0.328 e. The summed E-state index contributed by atoms with van der Waals surface area (Å²) in [4.78, 5) is 5.39. The molecule has 0 aromatic heterocycles. The molecule has 1 atom stereocenters. The molecule has 1 unspecified atom stereocenters. The fraction of sp³-hybridized carbons (Fsp3) is 1.00. The number of hydrogen-bond acceptors (Lipinski definition) is 3. The number of unbranched alkanes of at least 4 members (excludes halogenated alkanes) is 5. The first-order valence-corrected chi connectivity index (χ1v) is 9.01. The van der Waals surface area contributed by atoms with Gasteiger partial charge in [-0.15, -0.1) is 0 Å². The van der Waals surface area contributed by atoms with E-state index in [0.29, 0.717) is 6.04 Å². The fourth-order valence-electron chi connectivity index (χ4n) is 3.71. The third kappa shape index (κ3) is 5.34. The Bertz CT molecular complexity index is 249. The van der Waals surface area contributed by atoms with Crippen LogP contribution in [0.15, 0.2) is 0 Å². The fourth-order valence-corrected chi connectivity index (χ4v) is 3.71. The normalized spacial score (nSPS) is 26.4. The molecule has 20 heavy (non-hydrogen) atoms. The minimum atomic E-state index is 0.465. The highest BCUT2D eigenvalue weighted by Crippen LogP contribution is 2.20. The Morgan fingerprint density at radius 3 is 2.35 bits per heavy atom. The number of piperidine rings is 1. The van der Waals surface area contributed by atoms with Gasteiger partial charge in [0.05, 0.1) is 0 Å². The molecule has 0 aliphatic carbocycles. The van der Waals surface area contributed by atoms with Crippen LogP contribution in [0, 0.1) is 0 Å². The minimum Gasteiger partial charge on any atom is -0.328 e. The first-order valence-electron chi connectivity index (χ1n) is 9.01. The zero-order chi connectivity index (χ0) is 14.2. The molecule has 2 aliphatic rings. The van der Waals surface area contributed by atoms with Gasteiger partial charge in [0.25, 0.3) is 0 Å². The predicted octanol–water partition coefficient (Wildman–Crippen LogP) is 2.84. The molecule has 2 saturated heterocycles. The van der Waals surface area contributed by atoms with Crippen molar-refractivity contribution in [2.24, 2.45) is 5.73 Å². The second-order valence-electron chi connectivity index (χ2n) is 6.88. The van der Waals surface area contributed by atoms with Crippen LogP contribution < -0.4 is 5.73 Å². The second-order valence-corrected chi connectivity index (χ2v) is 6.88. The van der Waals surface area contributed by atoms with Crippen LogP contribution in [0.2, 0.25) is 0 Å². The molecule has 0 amide bonds. The van der Waals surface area contributed by atoms with Gasteiger partial charge < -0.3 is 10.6 Å². The Morgan fingerprint density at radius 2 is 1.60 bits per heavy atom. The van der Waals surface area contributed by atoms with Crippen LogP contribution in [-0.4, -0.2) is 54.6 Å². The van der Waals surface area contributed by atoms with E-state index in [9.17, 15) is 0 Å². The topological polar surface area (TPSA) is 32.5 Å². The maximum atomic E-state index is 6.00. The van der Waals surface area contributed by atoms with Gasteiger partial charge in [-0.3, -0.25) is 4.90 Å². The third-order valence-electron chi connectivity index (χ3n) is 5.17. The van der Waals surface area contributed by atoms with Gasteiger partial charge in [0.2, 0.25) is 0 Å². The van der Waals surface area contributed by atoms with Crippen LogP contribution in [0.3, 0.4) is 0 Å². The molecular formula is C17H35N3. The average molecular weight is 281 g/mol. The Hall–Kier alpha value is -0.120. The number of nitrogens with two attached hydrogens (primary N) is 1. The molecule has 0 aromatic carbocycles. The van der Waals surface area contributed by atoms with E-state index in [4.69, 9.17) is 5.73 Å². The Balaban J connectivity index is 1.54. The van der Waals surface area contributed by atoms with Gasteiger partial charge in [-0.2, -0.15) is 0 Å². The van der Waals surface area contributed by atoms with Crippen molar-refractivity contribution in [2.45, 2.75) is 76.8 Å². The molecule has 118 valence electrons. The lowest BCUT2D eigenvalue weighted by atomic mass is 10.0. The molecule has 0 bridgehead atoms. The van der Waals surface area contributed by atoms with Crippen LogP contribution >= 0.6 is 0 Å². The summed E-state index contributed by atoms with van der Waals surface area (Å²) >= 11 is 0. The molecule has 0 spiro atoms. The van der Waals surface area contributed by atoms with Crippen molar-refractivity contribution >= 4 is 0 Å². The van der Waals surface area contributed by atoms with Crippen molar-refractivity contribution in [3.8, 4) is 0 Å². The van der Waals surface area contributed by atoms with Crippen molar-refractivity contribution in [3.63, 3.8) is 0 Å². The first-order chi connectivity index (χ1) is 9.79. The standard InChI is InChI=1S/C17H35N3/c1-2-3-4-5-6-7-11-19-12-10-17(15-19)20-13-8-16(18)9-14-20/h16-17H,2-15,18H2,1H3. The van der Waals surface area contributed by atoms with E-state index < -0.39 is 0 Å². The van der Waals surface area contributed by atoms with Gasteiger partial charge in [0.15, 0.2) is 0 Å². The van der Waals surface area contributed by atoms with Gasteiger partial charge in [0.1, 0.15) is 0 Å². The van der Waals surface area contributed by atoms with Crippen LogP contribution in [0.25, 0.3) is 0 Å². The van der Waals surface area contributed by atoms with E-state index in [2.05, 4.69) is 16.7 Å². The summed E-state index contributed by atoms with van der Waals surface area (Å²) in [6.45, 7) is 8.72. The van der Waals surface area contributed by atoms with Gasteiger partial charge in [-0.1, -0.05) is 39.0 Å². The number of rotatable bonds is 8. The zero-order valence-corrected chi connectivity index (χ0v) is 13.5. The van der Waals surface area contributed by atoms with Gasteiger partial charge >= 0.3 is 0 Å². The number of nitrogens with zero attached hydrogens (tertiary/aromatic N) is 2. The minimum absolute atomic E-state index is 0.465. The van der Waals surface area contributed by atoms with E-state index in [-0.39, 0.29) is 0 Å². The van der Waals surface area contributed by atoms with E-state index in [1.807, 2.05) is 0 Å². The SMILES string of the molecule is CCCCCCCCN1CCC(N2CCC(N)CC2)C1. The Morgan fingerprint density at radius 1 is 0.900 bits per heavy atom. The third-order valence-corrected chi connectivity index (χ3v) is 5.17. The van der Waals surface area contributed by atoms with Gasteiger partial charge in [-0.05, 0) is 51.9 Å². The summed E-state index contributed by atoms with van der Waals surface area (Å²) in [5.41, 5.74) is 6.00. The maximum absolute atomic E-state index is 6.00. The van der Waals surface area contributed by atoms with Crippen molar-refractivity contribution < 1.29 is 0 Å². The molecule has 2 heterocycles. The van der Waals surface area contributed by atoms with E-state index in [0.717, 1.165) is 6.04 Å². The zero-order valence-electron chi connectivity index (χ0n) is 13.5. The van der Waals surface area contributed by atoms with Crippen molar-refractivity contribution in [1.29, 1.82) is 0 Å². The van der Waals surface area contributed by atoms with E-state index >= 15 is 0 Å². The van der Waals surface area contributed by atoms with E-state index in [1.165, 1.54) is 90.5 Å². The summed E-state index contributed by atoms with van der Waals surface area (Å²) < 4.78 is 0. The van der Waals surface area contributed by atoms with Crippen molar-refractivity contribution in [1.82, 2.24) is 9.80 Å². The summed E-state index contributed by atoms with van der Waals surface area (Å²) in [7, 11) is 0. The molecule has 3 heteroatoms. The van der Waals surface area contributed by atoms with Gasteiger partial charge in [-0.25, -0.2) is 0 Å². The quantitative estimate of drug-likeness (QED) is 0.694. The lowest BCUT2D eigenvalue weighted by molar-refractivity contribution is 0.152. The van der Waals surface area contributed by atoms with Crippen molar-refractivity contribution in [2.75, 3.05) is 32.7 Å². The Kier molecular flexibility index (Phi) is 7.32. The summed E-state index contributed by atoms with van der Waals surface area (Å²) in [5, 5.41) is 0. The highest BCUT2D eigenvalue weighted by molar-refractivity contribution is 4.86. The Labute approximate surface area is 125 Å². The molecule has 2 fully saturated rings. The molecule has 2 N–H and O–H groups in total. The summed E-state index contributed by atoms with van der Waals surface area (Å²) in [5.74, 6) is 0. The van der Waals surface area contributed by atoms with Crippen LogP contribution in [0.1, 0.15) is 64.7 Å². The highest BCUT2D eigenvalue weighted by Gasteiger charge is 2.29. The molecule has 3 nitrogen and oxygen atoms in total. The second kappa shape index (κ2) is 9.01. The number of likely N-dealkylation sites (tertiary alicyclic amines) is 2. The lowest BCUT2D eigenvalue weighted by Gasteiger charge is -2.34. The maximum Gasteiger partial charge on any atom is 0.0235 e. The molecule has 0 aromatic rings.